The number of hydrogen-bond acceptors (Lipinski definition) is 2. The first-order valence-electron chi connectivity index (χ1n) is 6.87. The molecule has 1 rings (SSSR count). The van der Waals surface area contributed by atoms with Gasteiger partial charge < -0.3 is 10.6 Å². The van der Waals surface area contributed by atoms with Crippen LogP contribution in [0.25, 0.3) is 0 Å². The van der Waals surface area contributed by atoms with E-state index < -0.39 is 6.04 Å². The summed E-state index contributed by atoms with van der Waals surface area (Å²) < 4.78 is 0. The van der Waals surface area contributed by atoms with Crippen LogP contribution in [0.15, 0.2) is 30.3 Å². The molecule has 110 valence electrons. The zero-order chi connectivity index (χ0) is 15.2. The molecule has 4 nitrogen and oxygen atoms in total. The molecule has 0 aliphatic carbocycles. The van der Waals surface area contributed by atoms with Gasteiger partial charge in [0.05, 0.1) is 0 Å². The molecule has 0 aliphatic heterocycles. The van der Waals surface area contributed by atoms with Crippen LogP contribution in [0.1, 0.15) is 39.7 Å². The lowest BCUT2D eigenvalue weighted by Crippen LogP contribution is -2.47. The molecule has 0 saturated carbocycles. The fourth-order valence-electron chi connectivity index (χ4n) is 1.98. The summed E-state index contributed by atoms with van der Waals surface area (Å²) >= 11 is 0. The van der Waals surface area contributed by atoms with Crippen molar-refractivity contribution in [3.8, 4) is 0 Å². The van der Waals surface area contributed by atoms with Gasteiger partial charge in [-0.15, -0.1) is 0 Å². The lowest BCUT2D eigenvalue weighted by atomic mass is 9.87. The zero-order valence-electron chi connectivity index (χ0n) is 12.7. The van der Waals surface area contributed by atoms with E-state index in [0.29, 0.717) is 13.0 Å². The minimum absolute atomic E-state index is 0.0306. The molecule has 0 heterocycles. The van der Waals surface area contributed by atoms with E-state index in [2.05, 4.69) is 10.6 Å². The molecule has 2 N–H and O–H groups in total. The number of amides is 2. The summed E-state index contributed by atoms with van der Waals surface area (Å²) in [6.45, 7) is 8.05. The van der Waals surface area contributed by atoms with E-state index >= 15 is 0 Å². The van der Waals surface area contributed by atoms with Crippen LogP contribution in [0.4, 0.5) is 0 Å². The van der Waals surface area contributed by atoms with Crippen LogP contribution in [0.2, 0.25) is 0 Å². The SMILES string of the molecule is CC(=O)N[C@@H](CC(C)(C)C)C(=O)NCc1ccccc1. The van der Waals surface area contributed by atoms with Crippen LogP contribution in [0.3, 0.4) is 0 Å². The Morgan fingerprint density at radius 1 is 1.15 bits per heavy atom. The average Bonchev–Trinajstić information content (AvgIpc) is 2.34. The van der Waals surface area contributed by atoms with Crippen molar-refractivity contribution in [2.24, 2.45) is 5.41 Å². The predicted octanol–water partition coefficient (Wildman–Crippen LogP) is 2.24. The van der Waals surface area contributed by atoms with Crippen molar-refractivity contribution >= 4 is 11.8 Å². The van der Waals surface area contributed by atoms with Gasteiger partial charge in [-0.2, -0.15) is 0 Å². The highest BCUT2D eigenvalue weighted by Gasteiger charge is 2.25. The Balaban J connectivity index is 2.61. The molecule has 0 spiro atoms. The first-order valence-corrected chi connectivity index (χ1v) is 6.87. The van der Waals surface area contributed by atoms with Crippen molar-refractivity contribution in [2.75, 3.05) is 0 Å². The van der Waals surface area contributed by atoms with Crippen LogP contribution in [-0.2, 0) is 16.1 Å². The highest BCUT2D eigenvalue weighted by atomic mass is 16.2. The second-order valence-electron chi connectivity index (χ2n) is 6.22. The number of nitrogens with one attached hydrogen (secondary N) is 2. The average molecular weight is 276 g/mol. The number of rotatable bonds is 5. The van der Waals surface area contributed by atoms with Crippen molar-refractivity contribution in [3.63, 3.8) is 0 Å². The number of benzene rings is 1. The van der Waals surface area contributed by atoms with Gasteiger partial charge in [-0.25, -0.2) is 0 Å². The van der Waals surface area contributed by atoms with Crippen LogP contribution >= 0.6 is 0 Å². The van der Waals surface area contributed by atoms with Gasteiger partial charge in [0.25, 0.3) is 0 Å². The first kappa shape index (κ1) is 16.2. The third kappa shape index (κ3) is 6.36. The summed E-state index contributed by atoms with van der Waals surface area (Å²) in [6.07, 6.45) is 0.604. The third-order valence-electron chi connectivity index (χ3n) is 2.82. The quantitative estimate of drug-likeness (QED) is 0.866. The Morgan fingerprint density at radius 2 is 1.75 bits per heavy atom. The van der Waals surface area contributed by atoms with Gasteiger partial charge in [-0.05, 0) is 17.4 Å². The molecule has 0 saturated heterocycles. The fourth-order valence-corrected chi connectivity index (χ4v) is 1.98. The Bertz CT molecular complexity index is 449. The zero-order valence-corrected chi connectivity index (χ0v) is 12.7. The Kier molecular flexibility index (Phi) is 5.74. The van der Waals surface area contributed by atoms with Crippen molar-refractivity contribution in [1.82, 2.24) is 10.6 Å². The van der Waals surface area contributed by atoms with Gasteiger partial charge in [0.2, 0.25) is 11.8 Å². The Hall–Kier alpha value is -1.84. The van der Waals surface area contributed by atoms with Crippen molar-refractivity contribution in [3.05, 3.63) is 35.9 Å². The maximum atomic E-state index is 12.2. The topological polar surface area (TPSA) is 58.2 Å². The van der Waals surface area contributed by atoms with Crippen molar-refractivity contribution < 1.29 is 9.59 Å². The van der Waals surface area contributed by atoms with E-state index in [-0.39, 0.29) is 17.2 Å². The Morgan fingerprint density at radius 3 is 2.25 bits per heavy atom. The molecule has 20 heavy (non-hydrogen) atoms. The van der Waals surface area contributed by atoms with Crippen molar-refractivity contribution in [1.29, 1.82) is 0 Å². The van der Waals surface area contributed by atoms with Gasteiger partial charge >= 0.3 is 0 Å². The lowest BCUT2D eigenvalue weighted by Gasteiger charge is -2.25. The van der Waals surface area contributed by atoms with E-state index in [4.69, 9.17) is 0 Å². The van der Waals surface area contributed by atoms with Crippen LogP contribution < -0.4 is 10.6 Å². The maximum Gasteiger partial charge on any atom is 0.242 e. The highest BCUT2D eigenvalue weighted by molar-refractivity contribution is 5.86. The van der Waals surface area contributed by atoms with Crippen LogP contribution in [0, 0.1) is 5.41 Å². The highest BCUT2D eigenvalue weighted by Crippen LogP contribution is 2.21. The molecule has 0 aromatic heterocycles. The molecule has 0 unspecified atom stereocenters. The second-order valence-corrected chi connectivity index (χ2v) is 6.22. The molecular weight excluding hydrogens is 252 g/mol. The lowest BCUT2D eigenvalue weighted by molar-refractivity contribution is -0.128. The molecule has 4 heteroatoms. The fraction of sp³-hybridized carbons (Fsp3) is 0.500. The normalized spacial score (nSPS) is 12.6. The predicted molar refractivity (Wildman–Crippen MR) is 80.0 cm³/mol. The molecule has 1 aromatic rings. The van der Waals surface area contributed by atoms with E-state index in [9.17, 15) is 9.59 Å². The standard InChI is InChI=1S/C16H24N2O2/c1-12(19)18-14(10-16(2,3)4)15(20)17-11-13-8-6-5-7-9-13/h5-9,14H,10-11H2,1-4H3,(H,17,20)(H,18,19)/t14-/m0/s1. The van der Waals surface area contributed by atoms with E-state index in [1.807, 2.05) is 51.1 Å². The molecular formula is C16H24N2O2. The number of carbonyl (C=O) groups excluding carboxylic acids is 2. The second kappa shape index (κ2) is 7.08. The van der Waals surface area contributed by atoms with Gasteiger partial charge in [-0.1, -0.05) is 51.1 Å². The Labute approximate surface area is 121 Å². The molecule has 0 aliphatic rings. The molecule has 1 aromatic carbocycles. The van der Waals surface area contributed by atoms with Gasteiger partial charge in [-0.3, -0.25) is 9.59 Å². The minimum atomic E-state index is -0.490. The summed E-state index contributed by atoms with van der Waals surface area (Å²) in [6, 6.07) is 9.22. The van der Waals surface area contributed by atoms with Gasteiger partial charge in [0, 0.05) is 13.5 Å². The molecule has 0 radical (unpaired) electrons. The molecule has 0 bridgehead atoms. The molecule has 1 atom stereocenters. The number of carbonyl (C=O) groups is 2. The van der Waals surface area contributed by atoms with Crippen LogP contribution in [0.5, 0.6) is 0 Å². The summed E-state index contributed by atoms with van der Waals surface area (Å²) in [5.41, 5.74) is 1.01. The largest absolute Gasteiger partial charge is 0.350 e. The smallest absolute Gasteiger partial charge is 0.242 e. The number of hydrogen-bond donors (Lipinski definition) is 2. The van der Waals surface area contributed by atoms with Gasteiger partial charge in [0.15, 0.2) is 0 Å². The maximum absolute atomic E-state index is 12.2. The van der Waals surface area contributed by atoms with E-state index in [1.54, 1.807) is 0 Å². The summed E-state index contributed by atoms with van der Waals surface area (Å²) in [5, 5.41) is 5.59. The monoisotopic (exact) mass is 276 g/mol. The van der Waals surface area contributed by atoms with Crippen LogP contribution in [-0.4, -0.2) is 17.9 Å². The van der Waals surface area contributed by atoms with Gasteiger partial charge in [0.1, 0.15) is 6.04 Å². The molecule has 0 fully saturated rings. The van der Waals surface area contributed by atoms with Crippen molar-refractivity contribution in [2.45, 2.75) is 46.7 Å². The molecule has 2 amide bonds. The minimum Gasteiger partial charge on any atom is -0.350 e. The van der Waals surface area contributed by atoms with E-state index in [0.717, 1.165) is 5.56 Å². The summed E-state index contributed by atoms with van der Waals surface area (Å²) in [4.78, 5) is 23.4. The first-order chi connectivity index (χ1) is 9.28. The third-order valence-corrected chi connectivity index (χ3v) is 2.82. The van der Waals surface area contributed by atoms with E-state index in [1.165, 1.54) is 6.92 Å². The summed E-state index contributed by atoms with van der Waals surface area (Å²) in [7, 11) is 0. The summed E-state index contributed by atoms with van der Waals surface area (Å²) in [5.74, 6) is -0.326.